The van der Waals surface area contributed by atoms with E-state index in [1.54, 1.807) is 4.90 Å². The van der Waals surface area contributed by atoms with Crippen LogP contribution >= 0.6 is 0 Å². The largest absolute Gasteiger partial charge is 0.459 e. The lowest BCUT2D eigenvalue weighted by atomic mass is 9.47. The summed E-state index contributed by atoms with van der Waals surface area (Å²) in [5, 5.41) is 0. The van der Waals surface area contributed by atoms with Gasteiger partial charge in [0, 0.05) is 27.4 Å². The molecule has 0 N–H and O–H groups in total. The molecule has 0 aromatic heterocycles. The summed E-state index contributed by atoms with van der Waals surface area (Å²) in [5.74, 6) is 1.15. The molecule has 19 heavy (non-hydrogen) atoms. The predicted molar refractivity (Wildman–Crippen MR) is 70.3 cm³/mol. The highest BCUT2D eigenvalue weighted by atomic mass is 16.6. The third-order valence-electron chi connectivity index (χ3n) is 5.23. The van der Waals surface area contributed by atoms with Gasteiger partial charge in [-0.1, -0.05) is 0 Å². The lowest BCUT2D eigenvalue weighted by molar-refractivity contribution is -0.204. The van der Waals surface area contributed by atoms with Gasteiger partial charge in [-0.15, -0.1) is 0 Å². The third-order valence-corrected chi connectivity index (χ3v) is 5.23. The summed E-state index contributed by atoms with van der Waals surface area (Å²) in [5.41, 5.74) is -0.607. The quantitative estimate of drug-likeness (QED) is 0.717. The first-order valence-electron chi connectivity index (χ1n) is 7.26. The molecule has 4 saturated carbocycles. The van der Waals surface area contributed by atoms with E-state index in [1.165, 1.54) is 13.3 Å². The van der Waals surface area contributed by atoms with Gasteiger partial charge in [-0.05, 0) is 43.9 Å². The zero-order valence-electron chi connectivity index (χ0n) is 12.1. The van der Waals surface area contributed by atoms with Crippen LogP contribution in [0.25, 0.3) is 0 Å². The first-order valence-corrected chi connectivity index (χ1v) is 7.26. The van der Waals surface area contributed by atoms with E-state index in [0.29, 0.717) is 11.8 Å². The molecule has 4 heteroatoms. The molecule has 0 radical (unpaired) electrons. The van der Waals surface area contributed by atoms with Crippen molar-refractivity contribution < 1.29 is 14.3 Å². The fourth-order valence-corrected chi connectivity index (χ4v) is 5.33. The van der Waals surface area contributed by atoms with Crippen LogP contribution in [-0.2, 0) is 14.3 Å². The molecular formula is C15H23NO3. The van der Waals surface area contributed by atoms with Crippen molar-refractivity contribution in [2.75, 3.05) is 14.1 Å². The Bertz CT molecular complexity index is 415. The van der Waals surface area contributed by atoms with Gasteiger partial charge in [-0.3, -0.25) is 9.59 Å². The predicted octanol–water partition coefficient (Wildman–Crippen LogP) is 1.98. The van der Waals surface area contributed by atoms with E-state index < -0.39 is 0 Å². The molecule has 0 saturated heterocycles. The molecule has 106 valence electrons. The summed E-state index contributed by atoms with van der Waals surface area (Å²) >= 11 is 0. The zero-order valence-corrected chi connectivity index (χ0v) is 12.1. The molecule has 2 unspecified atom stereocenters. The minimum Gasteiger partial charge on any atom is -0.459 e. The molecule has 0 aliphatic heterocycles. The molecule has 0 spiro atoms. The van der Waals surface area contributed by atoms with Crippen LogP contribution in [0.2, 0.25) is 0 Å². The Morgan fingerprint density at radius 3 is 2.16 bits per heavy atom. The number of hydrogen-bond acceptors (Lipinski definition) is 3. The van der Waals surface area contributed by atoms with Crippen molar-refractivity contribution in [2.45, 2.75) is 51.0 Å². The number of ether oxygens (including phenoxy) is 1. The van der Waals surface area contributed by atoms with Crippen molar-refractivity contribution >= 4 is 11.9 Å². The van der Waals surface area contributed by atoms with E-state index in [9.17, 15) is 9.59 Å². The normalized spacial score (nSPS) is 43.1. The average Bonchev–Trinajstić information content (AvgIpc) is 2.23. The molecule has 4 rings (SSSR count). The van der Waals surface area contributed by atoms with Crippen LogP contribution in [0.15, 0.2) is 0 Å². The highest BCUT2D eigenvalue weighted by Gasteiger charge is 2.62. The summed E-state index contributed by atoms with van der Waals surface area (Å²) in [4.78, 5) is 25.7. The summed E-state index contributed by atoms with van der Waals surface area (Å²) in [6, 6.07) is 0. The number of carbonyl (C=O) groups is 2. The van der Waals surface area contributed by atoms with Gasteiger partial charge in [-0.25, -0.2) is 0 Å². The number of amides is 1. The van der Waals surface area contributed by atoms with Crippen molar-refractivity contribution in [3.05, 3.63) is 0 Å². The van der Waals surface area contributed by atoms with E-state index in [1.807, 2.05) is 14.1 Å². The minimum atomic E-state index is -0.346. The molecule has 4 bridgehead atoms. The van der Waals surface area contributed by atoms with Crippen LogP contribution < -0.4 is 0 Å². The maximum atomic E-state index is 12.6. The number of carbonyl (C=O) groups excluding carboxylic acids is 2. The number of rotatable bonds is 2. The fraction of sp³-hybridized carbons (Fsp3) is 0.867. The van der Waals surface area contributed by atoms with Gasteiger partial charge >= 0.3 is 5.97 Å². The average molecular weight is 265 g/mol. The van der Waals surface area contributed by atoms with Gasteiger partial charge in [0.15, 0.2) is 0 Å². The van der Waals surface area contributed by atoms with Crippen LogP contribution in [0.5, 0.6) is 0 Å². The van der Waals surface area contributed by atoms with Gasteiger partial charge in [0.05, 0.1) is 5.41 Å². The molecule has 1 amide bonds. The second-order valence-corrected chi connectivity index (χ2v) is 7.22. The van der Waals surface area contributed by atoms with Crippen molar-refractivity contribution in [1.29, 1.82) is 0 Å². The second-order valence-electron chi connectivity index (χ2n) is 7.22. The third kappa shape index (κ3) is 1.96. The Morgan fingerprint density at radius 1 is 1.11 bits per heavy atom. The van der Waals surface area contributed by atoms with Gasteiger partial charge in [0.25, 0.3) is 0 Å². The summed E-state index contributed by atoms with van der Waals surface area (Å²) in [6.07, 6.45) is 5.86. The maximum Gasteiger partial charge on any atom is 0.303 e. The topological polar surface area (TPSA) is 46.6 Å². The van der Waals surface area contributed by atoms with Gasteiger partial charge < -0.3 is 9.64 Å². The van der Waals surface area contributed by atoms with Crippen molar-refractivity contribution in [1.82, 2.24) is 4.90 Å². The Balaban J connectivity index is 1.93. The number of esters is 1. The lowest BCUT2D eigenvalue weighted by Gasteiger charge is -2.60. The van der Waals surface area contributed by atoms with Crippen LogP contribution in [0.3, 0.4) is 0 Å². The molecule has 4 aliphatic rings. The molecule has 4 aliphatic carbocycles. The maximum absolute atomic E-state index is 12.6. The van der Waals surface area contributed by atoms with Gasteiger partial charge in [0.2, 0.25) is 5.91 Å². The Hall–Kier alpha value is -1.06. The van der Waals surface area contributed by atoms with E-state index in [0.717, 1.165) is 32.1 Å². The monoisotopic (exact) mass is 265 g/mol. The number of nitrogens with zero attached hydrogens (tertiary/aromatic N) is 1. The zero-order chi connectivity index (χ0) is 13.8. The Morgan fingerprint density at radius 2 is 1.68 bits per heavy atom. The van der Waals surface area contributed by atoms with Crippen molar-refractivity contribution in [3.63, 3.8) is 0 Å². The smallest absolute Gasteiger partial charge is 0.303 e. The minimum absolute atomic E-state index is 0.200. The standard InChI is InChI=1S/C15H23NO3/c1-10(17)19-15-7-11-4-12(8-15)6-14(5-11,9-15)13(18)16(2)3/h11-12H,4-9H2,1-3H3. The van der Waals surface area contributed by atoms with Gasteiger partial charge in [0.1, 0.15) is 5.60 Å². The van der Waals surface area contributed by atoms with Crippen LogP contribution in [-0.4, -0.2) is 36.5 Å². The molecule has 4 nitrogen and oxygen atoms in total. The Kier molecular flexibility index (Phi) is 2.70. The molecule has 4 fully saturated rings. The van der Waals surface area contributed by atoms with Crippen molar-refractivity contribution in [2.24, 2.45) is 17.3 Å². The van der Waals surface area contributed by atoms with Crippen LogP contribution in [0, 0.1) is 17.3 Å². The summed E-state index contributed by atoms with van der Waals surface area (Å²) < 4.78 is 5.70. The van der Waals surface area contributed by atoms with Crippen molar-refractivity contribution in [3.8, 4) is 0 Å². The highest BCUT2D eigenvalue weighted by Crippen LogP contribution is 2.63. The van der Waals surface area contributed by atoms with Crippen LogP contribution in [0.1, 0.15) is 45.4 Å². The molecule has 2 atom stereocenters. The highest BCUT2D eigenvalue weighted by molar-refractivity contribution is 5.83. The van der Waals surface area contributed by atoms with Crippen LogP contribution in [0.4, 0.5) is 0 Å². The Labute approximate surface area is 114 Å². The number of hydrogen-bond donors (Lipinski definition) is 0. The molecule has 0 aromatic rings. The molecule has 0 aromatic carbocycles. The first-order chi connectivity index (χ1) is 8.84. The lowest BCUT2D eigenvalue weighted by Crippen LogP contribution is -2.61. The summed E-state index contributed by atoms with van der Waals surface area (Å²) in [6.45, 7) is 1.49. The van der Waals surface area contributed by atoms with E-state index in [2.05, 4.69) is 0 Å². The van der Waals surface area contributed by atoms with E-state index in [4.69, 9.17) is 4.74 Å². The van der Waals surface area contributed by atoms with Gasteiger partial charge in [-0.2, -0.15) is 0 Å². The molecular weight excluding hydrogens is 242 g/mol. The SMILES string of the molecule is CC(=O)OC12CC3CC(C1)CC(C(=O)N(C)C)(C3)C2. The summed E-state index contributed by atoms with van der Waals surface area (Å²) in [7, 11) is 3.67. The molecule has 0 heterocycles. The van der Waals surface area contributed by atoms with E-state index in [-0.39, 0.29) is 22.9 Å². The first kappa shape index (κ1) is 12.9. The van der Waals surface area contributed by atoms with E-state index >= 15 is 0 Å². The second kappa shape index (κ2) is 3.97. The fourth-order valence-electron chi connectivity index (χ4n) is 5.33.